The third-order valence-corrected chi connectivity index (χ3v) is 6.17. The maximum Gasteiger partial charge on any atom is 0.234 e. The molecule has 2 aromatic carbocycles. The van der Waals surface area contributed by atoms with Gasteiger partial charge in [0, 0.05) is 37.2 Å². The number of nitrogens with zero attached hydrogens (tertiary/aromatic N) is 3. The smallest absolute Gasteiger partial charge is 0.234 e. The number of anilines is 2. The molecular weight excluding hydrogens is 396 g/mol. The Hall–Kier alpha value is -3.06. The zero-order valence-corrected chi connectivity index (χ0v) is 18.1. The number of carbonyl (C=O) groups excluding carboxylic acids is 2. The molecule has 6 nitrogen and oxygen atoms in total. The number of carbonyl (C=O) groups is 2. The standard InChI is InChI=1S/C23H24N4O2S/c1-15-4-5-16(2)21(12-15)27-11-9-24-23(27)30-14-22(29)25-19-6-7-20-18(13-19)8-10-26(20)17(3)28/h4-7,9,11-13H,8,10,14H2,1-3H3,(H,25,29). The zero-order chi connectivity index (χ0) is 21.3. The molecule has 3 aromatic rings. The van der Waals surface area contributed by atoms with Crippen LogP contribution in [0, 0.1) is 13.8 Å². The number of thioether (sulfide) groups is 1. The topological polar surface area (TPSA) is 67.2 Å². The molecule has 1 N–H and O–H groups in total. The Balaban J connectivity index is 1.42. The van der Waals surface area contributed by atoms with Crippen molar-refractivity contribution in [2.24, 2.45) is 0 Å². The number of hydrogen-bond acceptors (Lipinski definition) is 4. The van der Waals surface area contributed by atoms with E-state index in [-0.39, 0.29) is 17.6 Å². The van der Waals surface area contributed by atoms with Crippen molar-refractivity contribution in [1.29, 1.82) is 0 Å². The van der Waals surface area contributed by atoms with Crippen LogP contribution in [-0.2, 0) is 16.0 Å². The van der Waals surface area contributed by atoms with Gasteiger partial charge in [-0.1, -0.05) is 23.9 Å². The van der Waals surface area contributed by atoms with Crippen LogP contribution in [0.5, 0.6) is 0 Å². The van der Waals surface area contributed by atoms with Gasteiger partial charge in [0.15, 0.2) is 5.16 Å². The predicted molar refractivity (Wildman–Crippen MR) is 121 cm³/mol. The molecule has 2 amide bonds. The summed E-state index contributed by atoms with van der Waals surface area (Å²) in [5.41, 5.74) is 6.18. The Kier molecular flexibility index (Phi) is 5.63. The highest BCUT2D eigenvalue weighted by Gasteiger charge is 2.22. The number of aryl methyl sites for hydroxylation is 2. The third kappa shape index (κ3) is 4.11. The van der Waals surface area contributed by atoms with Gasteiger partial charge in [0.05, 0.1) is 11.4 Å². The highest BCUT2D eigenvalue weighted by atomic mass is 32.2. The molecular formula is C23H24N4O2S. The van der Waals surface area contributed by atoms with E-state index in [4.69, 9.17) is 0 Å². The monoisotopic (exact) mass is 420 g/mol. The molecule has 0 fully saturated rings. The lowest BCUT2D eigenvalue weighted by Gasteiger charge is -2.15. The van der Waals surface area contributed by atoms with Gasteiger partial charge in [0.1, 0.15) is 0 Å². The molecule has 0 unspecified atom stereocenters. The first kappa shape index (κ1) is 20.2. The van der Waals surface area contributed by atoms with Crippen LogP contribution in [0.4, 0.5) is 11.4 Å². The van der Waals surface area contributed by atoms with E-state index in [1.165, 1.54) is 17.3 Å². The van der Waals surface area contributed by atoms with Gasteiger partial charge in [0.25, 0.3) is 0 Å². The largest absolute Gasteiger partial charge is 0.325 e. The number of nitrogens with one attached hydrogen (secondary N) is 1. The molecule has 0 aliphatic carbocycles. The van der Waals surface area contributed by atoms with Crippen LogP contribution in [0.25, 0.3) is 5.69 Å². The molecule has 154 valence electrons. The van der Waals surface area contributed by atoms with Crippen LogP contribution in [0.2, 0.25) is 0 Å². The van der Waals surface area contributed by atoms with E-state index in [0.717, 1.165) is 39.8 Å². The molecule has 30 heavy (non-hydrogen) atoms. The van der Waals surface area contributed by atoms with Crippen LogP contribution < -0.4 is 10.2 Å². The number of aromatic nitrogens is 2. The molecule has 0 bridgehead atoms. The molecule has 2 heterocycles. The van der Waals surface area contributed by atoms with E-state index >= 15 is 0 Å². The van der Waals surface area contributed by atoms with Crippen molar-refractivity contribution in [2.75, 3.05) is 22.5 Å². The second-order valence-electron chi connectivity index (χ2n) is 7.47. The first-order chi connectivity index (χ1) is 14.4. The lowest BCUT2D eigenvalue weighted by atomic mass is 10.1. The average Bonchev–Trinajstić information content (AvgIpc) is 3.34. The molecule has 1 aliphatic rings. The first-order valence-corrected chi connectivity index (χ1v) is 10.9. The summed E-state index contributed by atoms with van der Waals surface area (Å²) in [5.74, 6) is 0.219. The van der Waals surface area contributed by atoms with Crippen molar-refractivity contribution in [2.45, 2.75) is 32.3 Å². The molecule has 0 saturated carbocycles. The summed E-state index contributed by atoms with van der Waals surface area (Å²) in [5, 5.41) is 3.74. The molecule has 1 aromatic heterocycles. The predicted octanol–water partition coefficient (Wildman–Crippen LogP) is 4.13. The lowest BCUT2D eigenvalue weighted by molar-refractivity contribution is -0.116. The average molecular weight is 421 g/mol. The second kappa shape index (κ2) is 8.36. The van der Waals surface area contributed by atoms with Gasteiger partial charge in [0.2, 0.25) is 11.8 Å². The minimum Gasteiger partial charge on any atom is -0.325 e. The maximum atomic E-state index is 12.5. The lowest BCUT2D eigenvalue weighted by Crippen LogP contribution is -2.25. The fraction of sp³-hybridized carbons (Fsp3) is 0.261. The molecule has 7 heteroatoms. The summed E-state index contributed by atoms with van der Waals surface area (Å²) in [6, 6.07) is 12.0. The van der Waals surface area contributed by atoms with E-state index in [0.29, 0.717) is 6.54 Å². The number of fused-ring (bicyclic) bond motifs is 1. The summed E-state index contributed by atoms with van der Waals surface area (Å²) < 4.78 is 2.02. The SMILES string of the molecule is CC(=O)N1CCc2cc(NC(=O)CSc3nccn3-c3cc(C)ccc3C)ccc21. The summed E-state index contributed by atoms with van der Waals surface area (Å²) in [6.45, 7) is 6.40. The van der Waals surface area contributed by atoms with Crippen LogP contribution in [-0.4, -0.2) is 33.7 Å². The van der Waals surface area contributed by atoms with Gasteiger partial charge in [-0.15, -0.1) is 0 Å². The summed E-state index contributed by atoms with van der Waals surface area (Å²) in [7, 11) is 0. The van der Waals surface area contributed by atoms with E-state index in [1.807, 2.05) is 29.0 Å². The summed E-state index contributed by atoms with van der Waals surface area (Å²) in [4.78, 5) is 30.4. The van der Waals surface area contributed by atoms with E-state index in [9.17, 15) is 9.59 Å². The fourth-order valence-electron chi connectivity index (χ4n) is 3.69. The highest BCUT2D eigenvalue weighted by Crippen LogP contribution is 2.30. The first-order valence-electron chi connectivity index (χ1n) is 9.87. The number of imidazole rings is 1. The van der Waals surface area contributed by atoms with Crippen molar-refractivity contribution in [3.05, 3.63) is 65.5 Å². The van der Waals surface area contributed by atoms with Crippen molar-refractivity contribution in [3.63, 3.8) is 0 Å². The van der Waals surface area contributed by atoms with Crippen LogP contribution in [0.1, 0.15) is 23.6 Å². The normalized spacial score (nSPS) is 12.7. The minimum absolute atomic E-state index is 0.0429. The highest BCUT2D eigenvalue weighted by molar-refractivity contribution is 7.99. The molecule has 0 radical (unpaired) electrons. The fourth-order valence-corrected chi connectivity index (χ4v) is 4.46. The molecule has 4 rings (SSSR count). The number of benzene rings is 2. The molecule has 0 atom stereocenters. The molecule has 0 saturated heterocycles. The number of rotatable bonds is 5. The summed E-state index contributed by atoms with van der Waals surface area (Å²) >= 11 is 1.41. The Morgan fingerprint density at radius 2 is 1.97 bits per heavy atom. The van der Waals surface area contributed by atoms with E-state index < -0.39 is 0 Å². The quantitative estimate of drug-likeness (QED) is 0.630. The Morgan fingerprint density at radius 3 is 2.77 bits per heavy atom. The van der Waals surface area contributed by atoms with Gasteiger partial charge in [-0.25, -0.2) is 4.98 Å². The Labute approximate surface area is 180 Å². The van der Waals surface area contributed by atoms with Crippen LogP contribution >= 0.6 is 11.8 Å². The van der Waals surface area contributed by atoms with Gasteiger partial charge in [-0.2, -0.15) is 0 Å². The Bertz CT molecular complexity index is 1120. The maximum absolute atomic E-state index is 12.5. The van der Waals surface area contributed by atoms with Crippen molar-refractivity contribution < 1.29 is 9.59 Å². The molecule has 0 spiro atoms. The Morgan fingerprint density at radius 1 is 1.13 bits per heavy atom. The van der Waals surface area contributed by atoms with Crippen LogP contribution in [0.3, 0.4) is 0 Å². The van der Waals surface area contributed by atoms with Gasteiger partial charge >= 0.3 is 0 Å². The third-order valence-electron chi connectivity index (χ3n) is 5.20. The molecule has 1 aliphatic heterocycles. The van der Waals surface area contributed by atoms with Crippen molar-refractivity contribution >= 4 is 35.0 Å². The number of amides is 2. The number of hydrogen-bond donors (Lipinski definition) is 1. The minimum atomic E-state index is -0.0862. The van der Waals surface area contributed by atoms with Gasteiger partial charge < -0.3 is 10.2 Å². The zero-order valence-electron chi connectivity index (χ0n) is 17.3. The summed E-state index contributed by atoms with van der Waals surface area (Å²) in [6.07, 6.45) is 4.48. The van der Waals surface area contributed by atoms with E-state index in [2.05, 4.69) is 42.3 Å². The van der Waals surface area contributed by atoms with Gasteiger partial charge in [-0.3, -0.25) is 14.2 Å². The second-order valence-corrected chi connectivity index (χ2v) is 8.41. The van der Waals surface area contributed by atoms with Crippen LogP contribution in [0.15, 0.2) is 53.9 Å². The van der Waals surface area contributed by atoms with Gasteiger partial charge in [-0.05, 0) is 61.2 Å². The van der Waals surface area contributed by atoms with E-state index in [1.54, 1.807) is 18.0 Å². The van der Waals surface area contributed by atoms with Crippen molar-refractivity contribution in [3.8, 4) is 5.69 Å². The van der Waals surface area contributed by atoms with Crippen molar-refractivity contribution in [1.82, 2.24) is 9.55 Å².